The Morgan fingerprint density at radius 3 is 2.31 bits per heavy atom. The number of halogens is 4. The summed E-state index contributed by atoms with van der Waals surface area (Å²) in [4.78, 5) is 0. The number of nitrogens with zero attached hydrogens (tertiary/aromatic N) is 2. The van der Waals surface area contributed by atoms with E-state index in [4.69, 9.17) is 0 Å². The molecule has 0 saturated heterocycles. The molecule has 0 amide bonds. The maximum Gasteiger partial charge on any atom is 0.404 e. The molecule has 0 aliphatic heterocycles. The summed E-state index contributed by atoms with van der Waals surface area (Å²) in [6, 6.07) is 21.0. The van der Waals surface area contributed by atoms with E-state index in [2.05, 4.69) is 9.82 Å². The predicted octanol–water partition coefficient (Wildman–Crippen LogP) is 5.41. The molecule has 0 fully saturated rings. The molecule has 4 rings (SSSR count). The van der Waals surface area contributed by atoms with E-state index in [1.807, 2.05) is 48.5 Å². The molecule has 0 radical (unpaired) electrons. The maximum absolute atomic E-state index is 13.3. The summed E-state index contributed by atoms with van der Waals surface area (Å²) in [6.45, 7) is 1.63. The third-order valence-corrected chi connectivity index (χ3v) is 7.04. The second-order valence-corrected chi connectivity index (χ2v) is 10.2. The molecule has 1 heterocycles. The Balaban J connectivity index is 1.65. The topological polar surface area (TPSA) is 64.0 Å². The molecular weight excluding hydrogens is 482 g/mol. The number of alkyl halides is 3. The zero-order valence-electron chi connectivity index (χ0n) is 18.7. The number of benzene rings is 3. The molecule has 0 aliphatic rings. The van der Waals surface area contributed by atoms with E-state index in [0.717, 1.165) is 22.0 Å². The lowest BCUT2D eigenvalue weighted by atomic mass is 9.81. The van der Waals surface area contributed by atoms with Crippen molar-refractivity contribution in [2.75, 3.05) is 12.3 Å². The van der Waals surface area contributed by atoms with Gasteiger partial charge < -0.3 is 0 Å². The van der Waals surface area contributed by atoms with Crippen molar-refractivity contribution < 1.29 is 26.0 Å². The monoisotopic (exact) mass is 505 g/mol. The maximum atomic E-state index is 13.3. The standard InChI is InChI=1S/C25H23F4N3O2S/c1-17(14-31-35(33,34)16-25(27,28)29)24(18-5-3-2-4-6-18)19-7-12-23-20(13-19)15-30-32(23)22-10-8-21(26)9-11-22/h2-13,15,17,24,31H,14,16H2,1H3. The van der Waals surface area contributed by atoms with E-state index in [0.29, 0.717) is 5.69 Å². The number of hydrogen-bond acceptors (Lipinski definition) is 3. The first-order chi connectivity index (χ1) is 16.5. The van der Waals surface area contributed by atoms with Crippen molar-refractivity contribution >= 4 is 20.9 Å². The Bertz CT molecular complexity index is 1400. The van der Waals surface area contributed by atoms with E-state index in [1.54, 1.807) is 29.9 Å². The summed E-state index contributed by atoms with van der Waals surface area (Å²) in [7, 11) is -4.51. The number of rotatable bonds is 8. The van der Waals surface area contributed by atoms with E-state index in [9.17, 15) is 26.0 Å². The highest BCUT2D eigenvalue weighted by Crippen LogP contribution is 2.34. The van der Waals surface area contributed by atoms with Gasteiger partial charge in [-0.3, -0.25) is 0 Å². The molecule has 2 atom stereocenters. The zero-order valence-corrected chi connectivity index (χ0v) is 19.5. The molecule has 3 aromatic carbocycles. The third kappa shape index (κ3) is 6.07. The van der Waals surface area contributed by atoms with Crippen LogP contribution in [0.1, 0.15) is 24.0 Å². The highest BCUT2D eigenvalue weighted by molar-refractivity contribution is 7.89. The van der Waals surface area contributed by atoms with E-state index in [-0.39, 0.29) is 24.2 Å². The molecule has 4 aromatic rings. The van der Waals surface area contributed by atoms with Crippen LogP contribution >= 0.6 is 0 Å². The zero-order chi connectivity index (χ0) is 25.2. The second kappa shape index (κ2) is 9.79. The molecular formula is C25H23F4N3O2S. The van der Waals surface area contributed by atoms with Crippen LogP contribution in [0, 0.1) is 11.7 Å². The SMILES string of the molecule is CC(CNS(=O)(=O)CC(F)(F)F)C(c1ccccc1)c1ccc2c(cnn2-c2ccc(F)cc2)c1. The van der Waals surface area contributed by atoms with Gasteiger partial charge in [-0.05, 0) is 53.4 Å². The summed E-state index contributed by atoms with van der Waals surface area (Å²) in [5.41, 5.74) is 3.26. The third-order valence-electron chi connectivity index (χ3n) is 5.73. The fraction of sp³-hybridized carbons (Fsp3) is 0.240. The van der Waals surface area contributed by atoms with Gasteiger partial charge in [-0.15, -0.1) is 0 Å². The number of hydrogen-bond donors (Lipinski definition) is 1. The average Bonchev–Trinajstić information content (AvgIpc) is 3.21. The van der Waals surface area contributed by atoms with Crippen LogP contribution in [0.5, 0.6) is 0 Å². The summed E-state index contributed by atoms with van der Waals surface area (Å²) in [5.74, 6) is -2.91. The number of nitrogens with one attached hydrogen (secondary N) is 1. The van der Waals surface area contributed by atoms with Crippen molar-refractivity contribution in [1.29, 1.82) is 0 Å². The van der Waals surface area contributed by atoms with Crippen LogP contribution < -0.4 is 4.72 Å². The van der Waals surface area contributed by atoms with Crippen molar-refractivity contribution in [2.45, 2.75) is 19.0 Å². The first kappa shape index (κ1) is 24.9. The largest absolute Gasteiger partial charge is 0.404 e. The Hall–Kier alpha value is -3.24. The van der Waals surface area contributed by atoms with E-state index < -0.39 is 22.0 Å². The minimum atomic E-state index is -4.82. The van der Waals surface area contributed by atoms with E-state index >= 15 is 0 Å². The minimum absolute atomic E-state index is 0.162. The van der Waals surface area contributed by atoms with Gasteiger partial charge in [0.2, 0.25) is 10.0 Å². The van der Waals surface area contributed by atoms with Gasteiger partial charge in [-0.1, -0.05) is 43.3 Å². The van der Waals surface area contributed by atoms with Crippen LogP contribution in [0.2, 0.25) is 0 Å². The normalized spacial score (nSPS) is 14.2. The Morgan fingerprint density at radius 2 is 1.66 bits per heavy atom. The van der Waals surface area contributed by atoms with Gasteiger partial charge in [0.05, 0.1) is 17.4 Å². The Labute approximate surface area is 200 Å². The van der Waals surface area contributed by atoms with Crippen molar-refractivity contribution in [3.8, 4) is 5.69 Å². The van der Waals surface area contributed by atoms with Crippen LogP contribution in [-0.2, 0) is 10.0 Å². The van der Waals surface area contributed by atoms with Crippen molar-refractivity contribution in [2.24, 2.45) is 5.92 Å². The molecule has 0 saturated carbocycles. The van der Waals surface area contributed by atoms with Gasteiger partial charge >= 0.3 is 6.18 Å². The van der Waals surface area contributed by atoms with Gasteiger partial charge in [0.1, 0.15) is 5.82 Å². The van der Waals surface area contributed by atoms with Gasteiger partial charge in [0.15, 0.2) is 5.75 Å². The van der Waals surface area contributed by atoms with Crippen LogP contribution in [0.4, 0.5) is 17.6 Å². The lowest BCUT2D eigenvalue weighted by Gasteiger charge is -2.26. The highest BCUT2D eigenvalue weighted by atomic mass is 32.2. The first-order valence-electron chi connectivity index (χ1n) is 10.8. The highest BCUT2D eigenvalue weighted by Gasteiger charge is 2.35. The smallest absolute Gasteiger partial charge is 0.233 e. The summed E-state index contributed by atoms with van der Waals surface area (Å²) in [6.07, 6.45) is -3.13. The first-order valence-corrected chi connectivity index (χ1v) is 12.5. The van der Waals surface area contributed by atoms with Gasteiger partial charge in [-0.25, -0.2) is 22.2 Å². The molecule has 184 valence electrons. The number of aromatic nitrogens is 2. The van der Waals surface area contributed by atoms with Crippen LogP contribution in [0.15, 0.2) is 79.0 Å². The lowest BCUT2D eigenvalue weighted by Crippen LogP contribution is -2.37. The van der Waals surface area contributed by atoms with Crippen LogP contribution in [-0.4, -0.2) is 36.7 Å². The molecule has 1 aromatic heterocycles. The summed E-state index contributed by atoms with van der Waals surface area (Å²) < 4.78 is 78.8. The van der Waals surface area contributed by atoms with Crippen molar-refractivity contribution in [3.05, 3.63) is 95.9 Å². The Kier molecular flexibility index (Phi) is 6.95. The lowest BCUT2D eigenvalue weighted by molar-refractivity contribution is -0.106. The van der Waals surface area contributed by atoms with Crippen molar-refractivity contribution in [3.63, 3.8) is 0 Å². The van der Waals surface area contributed by atoms with Crippen LogP contribution in [0.25, 0.3) is 16.6 Å². The molecule has 5 nitrogen and oxygen atoms in total. The summed E-state index contributed by atoms with van der Waals surface area (Å²) >= 11 is 0. The van der Waals surface area contributed by atoms with Crippen LogP contribution in [0.3, 0.4) is 0 Å². The average molecular weight is 506 g/mol. The Morgan fingerprint density at radius 1 is 0.971 bits per heavy atom. The fourth-order valence-electron chi connectivity index (χ4n) is 4.19. The van der Waals surface area contributed by atoms with E-state index in [1.165, 1.54) is 12.1 Å². The molecule has 2 unspecified atom stereocenters. The van der Waals surface area contributed by atoms with Gasteiger partial charge in [-0.2, -0.15) is 18.3 Å². The number of fused-ring (bicyclic) bond motifs is 1. The molecule has 0 spiro atoms. The quantitative estimate of drug-likeness (QED) is 0.326. The predicted molar refractivity (Wildman–Crippen MR) is 126 cm³/mol. The molecule has 0 aliphatic carbocycles. The molecule has 0 bridgehead atoms. The molecule has 1 N–H and O–H groups in total. The molecule has 10 heteroatoms. The second-order valence-electron chi connectivity index (χ2n) is 8.44. The number of sulfonamides is 1. The van der Waals surface area contributed by atoms with Gasteiger partial charge in [0, 0.05) is 17.8 Å². The minimum Gasteiger partial charge on any atom is -0.233 e. The van der Waals surface area contributed by atoms with Gasteiger partial charge in [0.25, 0.3) is 0 Å². The van der Waals surface area contributed by atoms with Crippen molar-refractivity contribution in [1.82, 2.24) is 14.5 Å². The molecule has 35 heavy (non-hydrogen) atoms. The fourth-order valence-corrected chi connectivity index (χ4v) is 5.24. The summed E-state index contributed by atoms with van der Waals surface area (Å²) in [5, 5.41) is 5.23.